The highest BCUT2D eigenvalue weighted by atomic mass is 16.5. The van der Waals surface area contributed by atoms with Crippen LogP contribution in [0.5, 0.6) is 11.5 Å². The van der Waals surface area contributed by atoms with Gasteiger partial charge in [-0.3, -0.25) is 9.59 Å². The van der Waals surface area contributed by atoms with Gasteiger partial charge in [0.25, 0.3) is 0 Å². The van der Waals surface area contributed by atoms with Gasteiger partial charge in [0.2, 0.25) is 11.8 Å². The molecule has 7 heteroatoms. The molecule has 0 aliphatic carbocycles. The lowest BCUT2D eigenvalue weighted by Gasteiger charge is -2.27. The van der Waals surface area contributed by atoms with Crippen molar-refractivity contribution in [1.29, 1.82) is 0 Å². The molecule has 1 aromatic carbocycles. The van der Waals surface area contributed by atoms with Crippen LogP contribution in [0.3, 0.4) is 0 Å². The van der Waals surface area contributed by atoms with Gasteiger partial charge >= 0.3 is 0 Å². The standard InChI is InChI=1S/C25H36N2O5/c1-6-7-8-14-26(20(3)28)18-25(29)27(17-22-11-9-19(2)32-22)15-13-21-10-12-23(30-4)24(16-21)31-5/h9-12,16H,6-8,13-15,17-18H2,1-5H3. The van der Waals surface area contributed by atoms with Crippen molar-refractivity contribution in [3.63, 3.8) is 0 Å². The van der Waals surface area contributed by atoms with E-state index in [1.807, 2.05) is 37.3 Å². The van der Waals surface area contributed by atoms with E-state index in [0.29, 0.717) is 37.6 Å². The molecule has 0 fully saturated rings. The summed E-state index contributed by atoms with van der Waals surface area (Å²) in [6.45, 7) is 7.04. The molecule has 0 saturated carbocycles. The van der Waals surface area contributed by atoms with Crippen LogP contribution in [0.1, 0.15) is 50.2 Å². The molecular weight excluding hydrogens is 408 g/mol. The van der Waals surface area contributed by atoms with E-state index in [1.54, 1.807) is 24.0 Å². The number of carbonyl (C=O) groups is 2. The summed E-state index contributed by atoms with van der Waals surface area (Å²) in [4.78, 5) is 28.7. The smallest absolute Gasteiger partial charge is 0.242 e. The predicted molar refractivity (Wildman–Crippen MR) is 124 cm³/mol. The van der Waals surface area contributed by atoms with Gasteiger partial charge in [-0.2, -0.15) is 0 Å². The summed E-state index contributed by atoms with van der Waals surface area (Å²) < 4.78 is 16.4. The molecule has 0 radical (unpaired) electrons. The number of methoxy groups -OCH3 is 2. The summed E-state index contributed by atoms with van der Waals surface area (Å²) in [5.74, 6) is 2.68. The third kappa shape index (κ3) is 7.62. The summed E-state index contributed by atoms with van der Waals surface area (Å²) in [6.07, 6.45) is 3.63. The molecule has 7 nitrogen and oxygen atoms in total. The van der Waals surface area contributed by atoms with Gasteiger partial charge in [-0.15, -0.1) is 0 Å². The average molecular weight is 445 g/mol. The average Bonchev–Trinajstić information content (AvgIpc) is 3.20. The number of aryl methyl sites for hydroxylation is 1. The number of furan rings is 1. The Bertz CT molecular complexity index is 877. The van der Waals surface area contributed by atoms with E-state index in [-0.39, 0.29) is 18.4 Å². The van der Waals surface area contributed by atoms with Gasteiger partial charge in [0.15, 0.2) is 11.5 Å². The Hall–Kier alpha value is -2.96. The van der Waals surface area contributed by atoms with Crippen LogP contribution < -0.4 is 9.47 Å². The molecule has 1 aromatic heterocycles. The van der Waals surface area contributed by atoms with E-state index in [1.165, 1.54) is 6.92 Å². The minimum Gasteiger partial charge on any atom is -0.493 e. The van der Waals surface area contributed by atoms with Crippen molar-refractivity contribution in [3.8, 4) is 11.5 Å². The molecule has 2 amide bonds. The Morgan fingerprint density at radius 3 is 2.31 bits per heavy atom. The highest BCUT2D eigenvalue weighted by Crippen LogP contribution is 2.27. The second kappa shape index (κ2) is 12.8. The summed E-state index contributed by atoms with van der Waals surface area (Å²) >= 11 is 0. The SMILES string of the molecule is CCCCCN(CC(=O)N(CCc1ccc(OC)c(OC)c1)Cc1ccc(C)o1)C(C)=O. The summed E-state index contributed by atoms with van der Waals surface area (Å²) in [5.41, 5.74) is 1.03. The Kier molecular flexibility index (Phi) is 10.1. The van der Waals surface area contributed by atoms with Gasteiger partial charge in [0, 0.05) is 20.0 Å². The number of rotatable bonds is 13. The molecule has 2 rings (SSSR count). The lowest BCUT2D eigenvalue weighted by molar-refractivity contribution is -0.140. The zero-order chi connectivity index (χ0) is 23.5. The fourth-order valence-electron chi connectivity index (χ4n) is 3.51. The van der Waals surface area contributed by atoms with E-state index in [4.69, 9.17) is 13.9 Å². The Balaban J connectivity index is 2.12. The number of hydrogen-bond acceptors (Lipinski definition) is 5. The maximum absolute atomic E-state index is 13.2. The normalized spacial score (nSPS) is 10.7. The molecule has 0 atom stereocenters. The van der Waals surface area contributed by atoms with Crippen LogP contribution in [-0.2, 0) is 22.6 Å². The number of ether oxygens (including phenoxy) is 2. The Morgan fingerprint density at radius 2 is 1.72 bits per heavy atom. The number of benzene rings is 1. The first-order valence-electron chi connectivity index (χ1n) is 11.2. The van der Waals surface area contributed by atoms with Gasteiger partial charge in [-0.05, 0) is 49.6 Å². The van der Waals surface area contributed by atoms with Crippen LogP contribution in [0, 0.1) is 6.92 Å². The van der Waals surface area contributed by atoms with Crippen molar-refractivity contribution in [2.75, 3.05) is 33.9 Å². The first-order valence-corrected chi connectivity index (χ1v) is 11.2. The molecule has 0 saturated heterocycles. The van der Waals surface area contributed by atoms with E-state index < -0.39 is 0 Å². The largest absolute Gasteiger partial charge is 0.493 e. The highest BCUT2D eigenvalue weighted by Gasteiger charge is 2.20. The van der Waals surface area contributed by atoms with Crippen LogP contribution in [0.15, 0.2) is 34.7 Å². The van der Waals surface area contributed by atoms with Crippen LogP contribution in [0.4, 0.5) is 0 Å². The minimum atomic E-state index is -0.0915. The predicted octanol–water partition coefficient (Wildman–Crippen LogP) is 4.22. The number of amides is 2. The van der Waals surface area contributed by atoms with E-state index in [9.17, 15) is 9.59 Å². The van der Waals surface area contributed by atoms with Crippen LogP contribution in [0.25, 0.3) is 0 Å². The van der Waals surface area contributed by atoms with Crippen LogP contribution in [0.2, 0.25) is 0 Å². The molecule has 2 aromatic rings. The van der Waals surface area contributed by atoms with Crippen LogP contribution in [-0.4, -0.2) is 55.5 Å². The third-order valence-electron chi connectivity index (χ3n) is 5.42. The fourth-order valence-corrected chi connectivity index (χ4v) is 3.51. The molecule has 0 spiro atoms. The van der Waals surface area contributed by atoms with Crippen LogP contribution >= 0.6 is 0 Å². The van der Waals surface area contributed by atoms with Crippen molar-refractivity contribution in [2.45, 2.75) is 53.0 Å². The number of carbonyl (C=O) groups excluding carboxylic acids is 2. The zero-order valence-electron chi connectivity index (χ0n) is 20.0. The molecule has 0 N–H and O–H groups in total. The second-order valence-electron chi connectivity index (χ2n) is 7.91. The Morgan fingerprint density at radius 1 is 0.969 bits per heavy atom. The summed E-state index contributed by atoms with van der Waals surface area (Å²) in [6, 6.07) is 9.52. The minimum absolute atomic E-state index is 0.0741. The summed E-state index contributed by atoms with van der Waals surface area (Å²) in [7, 11) is 3.20. The first-order chi connectivity index (χ1) is 15.4. The highest BCUT2D eigenvalue weighted by molar-refractivity contribution is 5.83. The van der Waals surface area contributed by atoms with E-state index >= 15 is 0 Å². The lowest BCUT2D eigenvalue weighted by Crippen LogP contribution is -2.43. The van der Waals surface area contributed by atoms with Crippen molar-refractivity contribution in [2.24, 2.45) is 0 Å². The van der Waals surface area contributed by atoms with Crippen molar-refractivity contribution in [3.05, 3.63) is 47.4 Å². The molecule has 0 aliphatic rings. The zero-order valence-corrected chi connectivity index (χ0v) is 20.0. The molecule has 32 heavy (non-hydrogen) atoms. The number of unbranched alkanes of at least 4 members (excludes halogenated alkanes) is 2. The topological polar surface area (TPSA) is 72.2 Å². The van der Waals surface area contributed by atoms with Gasteiger partial charge in [-0.1, -0.05) is 25.8 Å². The lowest BCUT2D eigenvalue weighted by atomic mass is 10.1. The van der Waals surface area contributed by atoms with Crippen molar-refractivity contribution < 1.29 is 23.5 Å². The van der Waals surface area contributed by atoms with E-state index in [0.717, 1.165) is 36.3 Å². The van der Waals surface area contributed by atoms with E-state index in [2.05, 4.69) is 6.92 Å². The maximum atomic E-state index is 13.2. The molecule has 0 bridgehead atoms. The van der Waals surface area contributed by atoms with Gasteiger partial charge in [0.05, 0.1) is 27.3 Å². The van der Waals surface area contributed by atoms with Gasteiger partial charge < -0.3 is 23.7 Å². The van der Waals surface area contributed by atoms with Gasteiger partial charge in [-0.25, -0.2) is 0 Å². The quantitative estimate of drug-likeness (QED) is 0.433. The first kappa shape index (κ1) is 25.3. The van der Waals surface area contributed by atoms with Crippen molar-refractivity contribution >= 4 is 11.8 Å². The Labute approximate surface area is 191 Å². The maximum Gasteiger partial charge on any atom is 0.242 e. The number of hydrogen-bond donors (Lipinski definition) is 0. The second-order valence-corrected chi connectivity index (χ2v) is 7.91. The number of nitrogens with zero attached hydrogens (tertiary/aromatic N) is 2. The monoisotopic (exact) mass is 444 g/mol. The molecule has 176 valence electrons. The summed E-state index contributed by atoms with van der Waals surface area (Å²) in [5, 5.41) is 0. The molecule has 1 heterocycles. The third-order valence-corrected chi connectivity index (χ3v) is 5.42. The van der Waals surface area contributed by atoms with Crippen molar-refractivity contribution in [1.82, 2.24) is 9.80 Å². The fraction of sp³-hybridized carbons (Fsp3) is 0.520. The molecular formula is C25H36N2O5. The van der Waals surface area contributed by atoms with Gasteiger partial charge in [0.1, 0.15) is 11.5 Å². The molecule has 0 aliphatic heterocycles. The molecule has 0 unspecified atom stereocenters.